The molecule has 0 aliphatic carbocycles. The van der Waals surface area contributed by atoms with Crippen molar-refractivity contribution >= 4 is 16.9 Å². The summed E-state index contributed by atoms with van der Waals surface area (Å²) in [4.78, 5) is 21.1. The minimum Gasteiger partial charge on any atom is -0.493 e. The maximum atomic E-state index is 15.0. The normalized spacial score (nSPS) is 15.8. The molecule has 1 atom stereocenters. The van der Waals surface area contributed by atoms with Crippen LogP contribution in [0.1, 0.15) is 50.4 Å². The fourth-order valence-electron chi connectivity index (χ4n) is 5.26. The number of carboxylic acids is 1. The van der Waals surface area contributed by atoms with E-state index >= 15 is 0 Å². The van der Waals surface area contributed by atoms with E-state index in [1.54, 1.807) is 6.20 Å². The summed E-state index contributed by atoms with van der Waals surface area (Å²) in [5.41, 5.74) is 1.32. The van der Waals surface area contributed by atoms with Gasteiger partial charge in [-0.25, -0.2) is 18.2 Å². The maximum absolute atomic E-state index is 15.0. The predicted molar refractivity (Wildman–Crippen MR) is 153 cm³/mol. The van der Waals surface area contributed by atoms with Crippen molar-refractivity contribution in [2.24, 2.45) is 0 Å². The highest BCUT2D eigenvalue weighted by Gasteiger charge is 2.38. The number of benzene rings is 3. The van der Waals surface area contributed by atoms with Crippen molar-refractivity contribution in [2.45, 2.75) is 45.4 Å². The molecule has 1 unspecified atom stereocenters. The van der Waals surface area contributed by atoms with Crippen LogP contribution < -0.4 is 9.47 Å². The van der Waals surface area contributed by atoms with E-state index in [2.05, 4.69) is 15.0 Å². The highest BCUT2D eigenvalue weighted by molar-refractivity contribution is 5.82. The van der Waals surface area contributed by atoms with Gasteiger partial charge in [-0.2, -0.15) is 4.39 Å². The van der Waals surface area contributed by atoms with Gasteiger partial charge >= 0.3 is 5.97 Å². The van der Waals surface area contributed by atoms with Crippen LogP contribution in [0.4, 0.5) is 17.6 Å². The summed E-state index contributed by atoms with van der Waals surface area (Å²) < 4.78 is 70.3. The van der Waals surface area contributed by atoms with Gasteiger partial charge in [0, 0.05) is 40.9 Å². The van der Waals surface area contributed by atoms with Crippen molar-refractivity contribution in [1.82, 2.24) is 15.0 Å². The molecule has 1 aliphatic heterocycles. The number of carbonyl (C=O) groups is 1. The van der Waals surface area contributed by atoms with Gasteiger partial charge in [0.05, 0.1) is 17.7 Å². The zero-order valence-corrected chi connectivity index (χ0v) is 23.7. The van der Waals surface area contributed by atoms with Crippen molar-refractivity contribution < 1.29 is 36.9 Å². The number of hydrogen-bond acceptors (Lipinski definition) is 4. The lowest BCUT2D eigenvalue weighted by Gasteiger charge is -2.36. The van der Waals surface area contributed by atoms with E-state index in [-0.39, 0.29) is 34.5 Å². The monoisotopic (exact) mass is 595 g/mol. The molecule has 6 rings (SSSR count). The van der Waals surface area contributed by atoms with Crippen LogP contribution in [0, 0.1) is 23.3 Å². The van der Waals surface area contributed by atoms with E-state index in [1.165, 1.54) is 24.4 Å². The Balaban J connectivity index is 0.00000180. The smallest absolute Gasteiger partial charge is 0.303 e. The van der Waals surface area contributed by atoms with E-state index in [1.807, 2.05) is 39.0 Å². The largest absolute Gasteiger partial charge is 0.493 e. The van der Waals surface area contributed by atoms with E-state index in [0.29, 0.717) is 30.9 Å². The third-order valence-corrected chi connectivity index (χ3v) is 7.53. The number of halogens is 4. The summed E-state index contributed by atoms with van der Waals surface area (Å²) in [7, 11) is 0. The fraction of sp³-hybridized carbons (Fsp3) is 0.250. The Bertz CT molecular complexity index is 1820. The van der Waals surface area contributed by atoms with Crippen LogP contribution in [0.25, 0.3) is 22.3 Å². The van der Waals surface area contributed by atoms with Crippen LogP contribution in [0.15, 0.2) is 54.9 Å². The summed E-state index contributed by atoms with van der Waals surface area (Å²) >= 11 is 0. The standard InChI is InChI=1S/C30H23F4N3O4.C2H6/c1-30(10-12-40-27-15(5-8-22(38)39)3-2-4-19(27)30)21-14-36-29(37-21)18-13-16(6-7-20(18)31)41-28-23(32)17-9-11-35-26(17)24(33)25(28)34;1-2/h2-4,6-7,9,11,13-14,35H,5,8,10,12H2,1H3,(H,36,37)(H,38,39);1-2H3. The van der Waals surface area contributed by atoms with Gasteiger partial charge in [-0.15, -0.1) is 0 Å². The van der Waals surface area contributed by atoms with Crippen molar-refractivity contribution in [2.75, 3.05) is 6.61 Å². The average molecular weight is 596 g/mol. The quantitative estimate of drug-likeness (QED) is 0.131. The van der Waals surface area contributed by atoms with Gasteiger partial charge in [-0.3, -0.25) is 4.79 Å². The van der Waals surface area contributed by atoms with E-state index < -0.39 is 40.4 Å². The molecule has 7 nitrogen and oxygen atoms in total. The molecule has 224 valence electrons. The van der Waals surface area contributed by atoms with Crippen LogP contribution in [0.3, 0.4) is 0 Å². The summed E-state index contributed by atoms with van der Waals surface area (Å²) in [6.07, 6.45) is 3.70. The molecular weight excluding hydrogens is 566 g/mol. The third-order valence-electron chi connectivity index (χ3n) is 7.53. The number of aromatic nitrogens is 3. The SMILES string of the molecule is CC.CC1(c2cnc(-c3cc(Oc4c(F)c(F)c5[nH]ccc5c4F)ccc3F)[nH]2)CCOc2c(CCC(=O)O)cccc21. The number of ether oxygens (including phenoxy) is 2. The first-order valence-electron chi connectivity index (χ1n) is 13.8. The minimum absolute atomic E-state index is 0.0242. The van der Waals surface area contributed by atoms with E-state index in [9.17, 15) is 22.4 Å². The Kier molecular flexibility index (Phi) is 8.16. The van der Waals surface area contributed by atoms with E-state index in [0.717, 1.165) is 17.2 Å². The lowest BCUT2D eigenvalue weighted by atomic mass is 9.74. The molecule has 0 radical (unpaired) electrons. The Morgan fingerprint density at radius 1 is 1.09 bits per heavy atom. The van der Waals surface area contributed by atoms with Gasteiger partial charge in [0.2, 0.25) is 11.6 Å². The van der Waals surface area contributed by atoms with Crippen molar-refractivity contribution in [3.8, 4) is 28.6 Å². The van der Waals surface area contributed by atoms with Crippen molar-refractivity contribution in [1.29, 1.82) is 0 Å². The first kappa shape index (κ1) is 29.7. The molecule has 1 aliphatic rings. The van der Waals surface area contributed by atoms with Crippen molar-refractivity contribution in [3.63, 3.8) is 0 Å². The molecule has 3 heterocycles. The number of nitrogens with one attached hydrogen (secondary N) is 2. The molecule has 0 bridgehead atoms. The first-order valence-corrected chi connectivity index (χ1v) is 13.8. The van der Waals surface area contributed by atoms with Crippen molar-refractivity contribution in [3.05, 3.63) is 94.9 Å². The number of carboxylic acid groups (broad SMARTS) is 1. The highest BCUT2D eigenvalue weighted by atomic mass is 19.2. The molecule has 2 aromatic heterocycles. The Morgan fingerprint density at radius 2 is 1.88 bits per heavy atom. The van der Waals surface area contributed by atoms with Crippen LogP contribution in [-0.2, 0) is 16.6 Å². The fourth-order valence-corrected chi connectivity index (χ4v) is 5.26. The number of para-hydroxylation sites is 1. The van der Waals surface area contributed by atoms with Crippen LogP contribution in [0.5, 0.6) is 17.2 Å². The second kappa shape index (κ2) is 11.8. The number of rotatable bonds is 7. The van der Waals surface area contributed by atoms with Gasteiger partial charge in [0.15, 0.2) is 11.6 Å². The number of imidazole rings is 1. The van der Waals surface area contributed by atoms with Gasteiger partial charge in [-0.05, 0) is 49.6 Å². The molecule has 43 heavy (non-hydrogen) atoms. The van der Waals surface area contributed by atoms with Crippen LogP contribution >= 0.6 is 0 Å². The summed E-state index contributed by atoms with van der Waals surface area (Å²) in [5.74, 6) is -5.79. The molecule has 11 heteroatoms. The molecule has 3 N–H and O–H groups in total. The topological polar surface area (TPSA) is 100 Å². The summed E-state index contributed by atoms with van der Waals surface area (Å²) in [6, 6.07) is 10.3. The third kappa shape index (κ3) is 5.31. The summed E-state index contributed by atoms with van der Waals surface area (Å²) in [5, 5.41) is 8.93. The number of hydrogen-bond donors (Lipinski definition) is 3. The second-order valence-electron chi connectivity index (χ2n) is 10.0. The minimum atomic E-state index is -1.52. The molecule has 0 fully saturated rings. The van der Waals surface area contributed by atoms with E-state index in [4.69, 9.17) is 14.6 Å². The number of aromatic amines is 2. The number of nitrogens with zero attached hydrogens (tertiary/aromatic N) is 1. The molecule has 0 saturated carbocycles. The number of aliphatic carboxylic acids is 1. The van der Waals surface area contributed by atoms with Gasteiger partial charge in [0.1, 0.15) is 23.1 Å². The Hall–Kier alpha value is -4.80. The molecule has 0 spiro atoms. The second-order valence-corrected chi connectivity index (χ2v) is 10.0. The molecule has 3 aromatic carbocycles. The van der Waals surface area contributed by atoms with Gasteiger partial charge < -0.3 is 24.5 Å². The molecular formula is C32H29F4N3O4. The van der Waals surface area contributed by atoms with Crippen LogP contribution in [0.2, 0.25) is 0 Å². The zero-order valence-electron chi connectivity index (χ0n) is 23.7. The molecule has 0 amide bonds. The highest BCUT2D eigenvalue weighted by Crippen LogP contribution is 2.45. The number of aryl methyl sites for hydroxylation is 1. The Labute approximate surface area is 244 Å². The van der Waals surface area contributed by atoms with Gasteiger partial charge in [0.25, 0.3) is 0 Å². The first-order chi connectivity index (χ1) is 20.7. The lowest BCUT2D eigenvalue weighted by molar-refractivity contribution is -0.136. The van der Waals surface area contributed by atoms with Gasteiger partial charge in [-0.1, -0.05) is 32.0 Å². The average Bonchev–Trinajstić information content (AvgIpc) is 3.71. The molecule has 0 saturated heterocycles. The number of H-pyrrole nitrogens is 2. The number of fused-ring (bicyclic) bond motifs is 2. The Morgan fingerprint density at radius 3 is 2.65 bits per heavy atom. The predicted octanol–water partition coefficient (Wildman–Crippen LogP) is 8.04. The zero-order chi connectivity index (χ0) is 30.9. The maximum Gasteiger partial charge on any atom is 0.303 e. The molecule has 5 aromatic rings. The lowest BCUT2D eigenvalue weighted by Crippen LogP contribution is -2.32. The summed E-state index contributed by atoms with van der Waals surface area (Å²) in [6.45, 7) is 6.36. The van der Waals surface area contributed by atoms with Crippen LogP contribution in [-0.4, -0.2) is 32.6 Å².